The lowest BCUT2D eigenvalue weighted by Crippen LogP contribution is -2.70. The van der Waals surface area contributed by atoms with Crippen LogP contribution in [0.5, 0.6) is 0 Å². The Balaban J connectivity index is 1.87. The third kappa shape index (κ3) is 1.41. The van der Waals surface area contributed by atoms with Gasteiger partial charge in [-0.05, 0) is 29.5 Å². The summed E-state index contributed by atoms with van der Waals surface area (Å²) in [6.45, 7) is 11.1. The van der Waals surface area contributed by atoms with E-state index < -0.39 is 5.72 Å². The molecule has 0 unspecified atom stereocenters. The lowest BCUT2D eigenvalue weighted by Gasteiger charge is -2.64. The van der Waals surface area contributed by atoms with Crippen molar-refractivity contribution in [3.05, 3.63) is 0 Å². The van der Waals surface area contributed by atoms with Gasteiger partial charge < -0.3 is 15.0 Å². The van der Waals surface area contributed by atoms with E-state index in [2.05, 4.69) is 34.6 Å². The minimum Gasteiger partial charge on any atom is -0.404 e. The molecule has 1 aliphatic heterocycles. The number of rotatable bonds is 0. The highest BCUT2D eigenvalue weighted by atomic mass is 16.7. The second kappa shape index (κ2) is 3.09. The van der Waals surface area contributed by atoms with Gasteiger partial charge in [-0.25, -0.2) is 0 Å². The molecule has 3 aliphatic carbocycles. The van der Waals surface area contributed by atoms with E-state index in [1.54, 1.807) is 0 Å². The molecule has 4 rings (SSSR count). The Labute approximate surface area is 105 Å². The number of hydrogen-bond donors (Lipinski definition) is 1. The Morgan fingerprint density at radius 1 is 1.24 bits per heavy atom. The minimum absolute atomic E-state index is 0.00175. The zero-order valence-corrected chi connectivity index (χ0v) is 11.6. The normalized spacial score (nSPS) is 47.6. The molecule has 2 bridgehead atoms. The van der Waals surface area contributed by atoms with Crippen molar-refractivity contribution in [2.75, 3.05) is 0 Å². The zero-order chi connectivity index (χ0) is 12.6. The van der Waals surface area contributed by atoms with Crippen LogP contribution >= 0.6 is 0 Å². The molecule has 4 fully saturated rings. The predicted molar refractivity (Wildman–Crippen MR) is 68.3 cm³/mol. The first-order valence-electron chi connectivity index (χ1n) is 6.78. The summed E-state index contributed by atoms with van der Waals surface area (Å²) in [4.78, 5) is 0. The maximum atomic E-state index is 6.56. The summed E-state index contributed by atoms with van der Waals surface area (Å²) >= 11 is 0. The summed E-state index contributed by atoms with van der Waals surface area (Å²) in [5, 5.41) is -0.00175. The molecule has 4 heteroatoms. The van der Waals surface area contributed by atoms with Crippen molar-refractivity contribution in [2.24, 2.45) is 23.0 Å². The minimum atomic E-state index is -0.545. The maximum absolute atomic E-state index is 6.56. The van der Waals surface area contributed by atoms with Crippen molar-refractivity contribution < 1.29 is 9.31 Å². The van der Waals surface area contributed by atoms with Crippen LogP contribution in [0.15, 0.2) is 0 Å². The van der Waals surface area contributed by atoms with Gasteiger partial charge in [0.2, 0.25) is 0 Å². The third-order valence-corrected chi connectivity index (χ3v) is 5.32. The van der Waals surface area contributed by atoms with E-state index in [-0.39, 0.29) is 18.5 Å². The van der Waals surface area contributed by atoms with E-state index in [9.17, 15) is 0 Å². The van der Waals surface area contributed by atoms with Gasteiger partial charge in [0, 0.05) is 5.92 Å². The first-order chi connectivity index (χ1) is 7.65. The Morgan fingerprint density at radius 3 is 2.41 bits per heavy atom. The molecule has 1 saturated heterocycles. The molecule has 3 saturated carbocycles. The quantitative estimate of drug-likeness (QED) is 0.658. The summed E-state index contributed by atoms with van der Waals surface area (Å²) in [6, 6.07) is 0. The molecule has 4 atom stereocenters. The molecule has 4 aliphatic rings. The van der Waals surface area contributed by atoms with Crippen LogP contribution in [-0.4, -0.2) is 18.9 Å². The molecular weight excluding hydrogens is 213 g/mol. The molecule has 0 spiro atoms. The average molecular weight is 237 g/mol. The van der Waals surface area contributed by atoms with E-state index >= 15 is 0 Å². The van der Waals surface area contributed by atoms with E-state index in [4.69, 9.17) is 15.0 Å². The van der Waals surface area contributed by atoms with Crippen molar-refractivity contribution in [1.29, 1.82) is 0 Å². The second-order valence-corrected chi connectivity index (χ2v) is 7.84. The van der Waals surface area contributed by atoms with Crippen molar-refractivity contribution in [2.45, 2.75) is 64.6 Å². The van der Waals surface area contributed by atoms with Crippen molar-refractivity contribution in [3.63, 3.8) is 0 Å². The Hall–Kier alpha value is -0.0551. The van der Waals surface area contributed by atoms with Crippen LogP contribution < -0.4 is 5.73 Å². The highest BCUT2D eigenvalue weighted by Gasteiger charge is 2.69. The Bertz CT molecular complexity index is 352. The molecule has 0 aromatic heterocycles. The SMILES string of the molecule is CC(C)(C)B1O[C@@H]2C[C@@H]3C[C@@H](C3(C)C)[C@]2(N)O1. The van der Waals surface area contributed by atoms with Gasteiger partial charge in [0.25, 0.3) is 0 Å². The van der Waals surface area contributed by atoms with Gasteiger partial charge in [-0.15, -0.1) is 0 Å². The smallest absolute Gasteiger partial charge is 0.404 e. The molecule has 0 radical (unpaired) electrons. The fraction of sp³-hybridized carbons (Fsp3) is 1.00. The van der Waals surface area contributed by atoms with Gasteiger partial charge in [0.15, 0.2) is 0 Å². The van der Waals surface area contributed by atoms with Crippen LogP contribution in [0, 0.1) is 17.3 Å². The van der Waals surface area contributed by atoms with Crippen LogP contribution in [0.1, 0.15) is 47.5 Å². The van der Waals surface area contributed by atoms with Crippen LogP contribution in [0.4, 0.5) is 0 Å². The standard InChI is InChI=1S/C13H24BNO2/c1-11(2,3)14-16-10-7-8-6-9(12(8,4)5)13(10,15)17-14/h8-10H,6-7,15H2,1-5H3/t8-,9-,10+,13-/m0/s1. The molecule has 3 nitrogen and oxygen atoms in total. The maximum Gasteiger partial charge on any atom is 0.464 e. The van der Waals surface area contributed by atoms with E-state index in [0.717, 1.165) is 12.3 Å². The van der Waals surface area contributed by atoms with Gasteiger partial charge in [0.1, 0.15) is 5.72 Å². The van der Waals surface area contributed by atoms with Crippen LogP contribution in [0.25, 0.3) is 0 Å². The van der Waals surface area contributed by atoms with Gasteiger partial charge in [-0.2, -0.15) is 0 Å². The van der Waals surface area contributed by atoms with E-state index in [1.165, 1.54) is 6.42 Å². The molecule has 1 heterocycles. The van der Waals surface area contributed by atoms with E-state index in [1.807, 2.05) is 0 Å². The summed E-state index contributed by atoms with van der Waals surface area (Å²) < 4.78 is 12.2. The molecule has 0 aromatic rings. The first-order valence-corrected chi connectivity index (χ1v) is 6.78. The Morgan fingerprint density at radius 2 is 1.88 bits per heavy atom. The van der Waals surface area contributed by atoms with Gasteiger partial charge in [-0.1, -0.05) is 34.6 Å². The third-order valence-electron chi connectivity index (χ3n) is 5.32. The molecular formula is C13H24BNO2. The zero-order valence-electron chi connectivity index (χ0n) is 11.6. The summed E-state index contributed by atoms with van der Waals surface area (Å²) in [7, 11) is -0.160. The van der Waals surface area contributed by atoms with E-state index in [0.29, 0.717) is 11.3 Å². The van der Waals surface area contributed by atoms with Crippen molar-refractivity contribution >= 4 is 7.12 Å². The fourth-order valence-electron chi connectivity index (χ4n) is 3.91. The lowest BCUT2D eigenvalue weighted by atomic mass is 9.45. The summed E-state index contributed by atoms with van der Waals surface area (Å²) in [5.41, 5.74) is 6.34. The molecule has 96 valence electrons. The first kappa shape index (κ1) is 12.0. The monoisotopic (exact) mass is 237 g/mol. The molecule has 17 heavy (non-hydrogen) atoms. The predicted octanol–water partition coefficient (Wildman–Crippen LogP) is 2.41. The molecule has 0 amide bonds. The average Bonchev–Trinajstić information content (AvgIpc) is 2.53. The summed E-state index contributed by atoms with van der Waals surface area (Å²) in [6.07, 6.45) is 2.37. The van der Waals surface area contributed by atoms with Crippen LogP contribution in [0.2, 0.25) is 5.31 Å². The fourth-order valence-corrected chi connectivity index (χ4v) is 3.91. The van der Waals surface area contributed by atoms with Crippen LogP contribution in [-0.2, 0) is 9.31 Å². The summed E-state index contributed by atoms with van der Waals surface area (Å²) in [5.74, 6) is 1.21. The number of hydrogen-bond acceptors (Lipinski definition) is 3. The highest BCUT2D eigenvalue weighted by molar-refractivity contribution is 6.49. The van der Waals surface area contributed by atoms with Gasteiger partial charge in [0.05, 0.1) is 6.10 Å². The van der Waals surface area contributed by atoms with Gasteiger partial charge >= 0.3 is 7.12 Å². The van der Waals surface area contributed by atoms with Crippen molar-refractivity contribution in [1.82, 2.24) is 0 Å². The van der Waals surface area contributed by atoms with Crippen LogP contribution in [0.3, 0.4) is 0 Å². The van der Waals surface area contributed by atoms with Crippen molar-refractivity contribution in [3.8, 4) is 0 Å². The largest absolute Gasteiger partial charge is 0.464 e. The second-order valence-electron chi connectivity index (χ2n) is 7.84. The topological polar surface area (TPSA) is 44.5 Å². The number of nitrogens with two attached hydrogens (primary N) is 1. The lowest BCUT2D eigenvalue weighted by molar-refractivity contribution is -0.205. The molecule has 2 N–H and O–H groups in total. The molecule has 0 aromatic carbocycles. The van der Waals surface area contributed by atoms with Gasteiger partial charge in [-0.3, -0.25) is 0 Å². The Kier molecular flexibility index (Phi) is 2.18. The highest BCUT2D eigenvalue weighted by Crippen LogP contribution is 2.65.